The van der Waals surface area contributed by atoms with Crippen molar-refractivity contribution in [1.82, 2.24) is 19.2 Å². The van der Waals surface area contributed by atoms with E-state index in [1.165, 1.54) is 9.30 Å². The molecule has 0 atom stereocenters. The van der Waals surface area contributed by atoms with Crippen molar-refractivity contribution in [3.05, 3.63) is 68.5 Å². The van der Waals surface area contributed by atoms with Gasteiger partial charge in [0.2, 0.25) is 6.79 Å². The Hall–Kier alpha value is -3.94. The largest absolute Gasteiger partial charge is 0.481 e. The number of nitrogens with zero attached hydrogens (tertiary/aromatic N) is 5. The van der Waals surface area contributed by atoms with Gasteiger partial charge in [0.1, 0.15) is 15.8 Å². The summed E-state index contributed by atoms with van der Waals surface area (Å²) in [4.78, 5) is 49.1. The van der Waals surface area contributed by atoms with Gasteiger partial charge >= 0.3 is 5.97 Å². The number of piperazine rings is 1. The smallest absolute Gasteiger partial charge is 0.303 e. The number of aryl methyl sites for hydroxylation is 1. The minimum atomic E-state index is -0.929. The van der Waals surface area contributed by atoms with Gasteiger partial charge in [0.15, 0.2) is 11.5 Å². The number of pyridine rings is 1. The van der Waals surface area contributed by atoms with E-state index in [1.54, 1.807) is 18.3 Å². The zero-order valence-electron chi connectivity index (χ0n) is 22.9. The molecule has 2 aromatic heterocycles. The van der Waals surface area contributed by atoms with Crippen LogP contribution in [0.1, 0.15) is 29.5 Å². The van der Waals surface area contributed by atoms with Crippen LogP contribution in [0.2, 0.25) is 0 Å². The van der Waals surface area contributed by atoms with Gasteiger partial charge in [-0.2, -0.15) is 0 Å². The lowest BCUT2D eigenvalue weighted by Crippen LogP contribution is -2.47. The van der Waals surface area contributed by atoms with Crippen LogP contribution in [-0.2, 0) is 16.1 Å². The van der Waals surface area contributed by atoms with E-state index in [0.717, 1.165) is 54.0 Å². The number of carboxylic acid groups (broad SMARTS) is 1. The first-order valence-electron chi connectivity index (χ1n) is 13.6. The number of carboxylic acids is 1. The number of rotatable bonds is 8. The lowest BCUT2D eigenvalue weighted by molar-refractivity contribution is -0.137. The van der Waals surface area contributed by atoms with Gasteiger partial charge in [-0.05, 0) is 48.7 Å². The van der Waals surface area contributed by atoms with Crippen LogP contribution in [0.5, 0.6) is 11.5 Å². The van der Waals surface area contributed by atoms with Gasteiger partial charge in [0, 0.05) is 51.9 Å². The first-order chi connectivity index (χ1) is 20.3. The monoisotopic (exact) mass is 607 g/mol. The number of anilines is 1. The molecule has 0 aliphatic carbocycles. The molecule has 5 heterocycles. The molecule has 1 N–H and O–H groups in total. The van der Waals surface area contributed by atoms with Crippen LogP contribution in [0.4, 0.5) is 5.82 Å². The third kappa shape index (κ3) is 5.59. The summed E-state index contributed by atoms with van der Waals surface area (Å²) in [5, 5.41) is 8.97. The van der Waals surface area contributed by atoms with E-state index in [1.807, 2.05) is 31.2 Å². The Labute approximate surface area is 251 Å². The highest BCUT2D eigenvalue weighted by Crippen LogP contribution is 2.35. The fraction of sp³-hybridized carbons (Fsp3) is 0.345. The Morgan fingerprint density at radius 2 is 1.93 bits per heavy atom. The normalized spacial score (nSPS) is 18.1. The number of carbonyl (C=O) groups excluding carboxylic acids is 1. The molecular weight excluding hydrogens is 578 g/mol. The molecule has 1 aromatic carbocycles. The molecule has 13 heteroatoms. The number of thiocarbonyl (C=S) groups is 1. The number of hydrogen-bond acceptors (Lipinski definition) is 10. The topological polar surface area (TPSA) is 117 Å². The van der Waals surface area contributed by atoms with Crippen molar-refractivity contribution in [2.75, 3.05) is 44.4 Å². The number of benzene rings is 1. The van der Waals surface area contributed by atoms with Crippen molar-refractivity contribution in [2.24, 2.45) is 0 Å². The number of carbonyl (C=O) groups is 2. The number of ether oxygens (including phenoxy) is 2. The van der Waals surface area contributed by atoms with E-state index in [2.05, 4.69) is 9.80 Å². The van der Waals surface area contributed by atoms with E-state index < -0.39 is 5.97 Å². The molecule has 11 nitrogen and oxygen atoms in total. The summed E-state index contributed by atoms with van der Waals surface area (Å²) >= 11 is 6.54. The molecule has 42 heavy (non-hydrogen) atoms. The maximum absolute atomic E-state index is 13.8. The molecule has 3 aromatic rings. The van der Waals surface area contributed by atoms with Gasteiger partial charge in [-0.25, -0.2) is 4.98 Å². The van der Waals surface area contributed by atoms with Gasteiger partial charge in [-0.3, -0.25) is 28.6 Å². The van der Waals surface area contributed by atoms with E-state index in [-0.39, 0.29) is 37.6 Å². The van der Waals surface area contributed by atoms with Crippen molar-refractivity contribution in [1.29, 1.82) is 0 Å². The SMILES string of the molecule is Cc1cccn2c(=O)c(C=C3SC(=S)N(CCCC(=O)O)C3=O)c(N3CCN(Cc4ccc5c(c4)OCO5)CC3)nc12. The summed E-state index contributed by atoms with van der Waals surface area (Å²) in [7, 11) is 0. The van der Waals surface area contributed by atoms with Crippen molar-refractivity contribution in [3.63, 3.8) is 0 Å². The molecule has 0 unspecified atom stereocenters. The minimum absolute atomic E-state index is 0.0593. The van der Waals surface area contributed by atoms with Crippen LogP contribution in [0.15, 0.2) is 46.2 Å². The van der Waals surface area contributed by atoms with Gasteiger partial charge in [-0.15, -0.1) is 0 Å². The van der Waals surface area contributed by atoms with Crippen LogP contribution < -0.4 is 19.9 Å². The number of aromatic nitrogens is 2. The third-order valence-electron chi connectivity index (χ3n) is 7.50. The fourth-order valence-electron chi connectivity index (χ4n) is 5.30. The zero-order chi connectivity index (χ0) is 29.4. The number of thioether (sulfide) groups is 1. The summed E-state index contributed by atoms with van der Waals surface area (Å²) in [6.07, 6.45) is 3.50. The number of aliphatic carboxylic acids is 1. The lowest BCUT2D eigenvalue weighted by atomic mass is 10.1. The summed E-state index contributed by atoms with van der Waals surface area (Å²) in [6, 6.07) is 9.70. The molecular formula is C29H29N5O6S2. The molecule has 218 valence electrons. The minimum Gasteiger partial charge on any atom is -0.481 e. The fourth-order valence-corrected chi connectivity index (χ4v) is 6.59. The summed E-state index contributed by atoms with van der Waals surface area (Å²) < 4.78 is 12.8. The molecule has 0 saturated carbocycles. The molecule has 2 fully saturated rings. The van der Waals surface area contributed by atoms with E-state index in [0.29, 0.717) is 39.3 Å². The average Bonchev–Trinajstić information content (AvgIpc) is 3.54. The van der Waals surface area contributed by atoms with E-state index in [4.69, 9.17) is 31.8 Å². The Morgan fingerprint density at radius 3 is 2.71 bits per heavy atom. The van der Waals surface area contributed by atoms with E-state index in [9.17, 15) is 14.4 Å². The summed E-state index contributed by atoms with van der Waals surface area (Å²) in [5.41, 5.74) is 2.63. The van der Waals surface area contributed by atoms with E-state index >= 15 is 0 Å². The van der Waals surface area contributed by atoms with Crippen molar-refractivity contribution in [3.8, 4) is 11.5 Å². The molecule has 0 spiro atoms. The second-order valence-electron chi connectivity index (χ2n) is 10.3. The molecule has 2 saturated heterocycles. The number of amides is 1. The summed E-state index contributed by atoms with van der Waals surface area (Å²) in [6.45, 7) is 5.94. The van der Waals surface area contributed by atoms with Crippen LogP contribution >= 0.6 is 24.0 Å². The highest BCUT2D eigenvalue weighted by atomic mass is 32.2. The Bertz CT molecular complexity index is 1680. The standard InChI is InChI=1S/C29H29N5O6S2/c1-18-4-2-8-33-25(18)30-26(20(27(33)37)15-23-28(38)34(29(41)42-23)9-3-5-24(35)36)32-12-10-31(11-13-32)16-19-6-7-21-22(14-19)40-17-39-21/h2,4,6-8,14-15H,3,5,9-13,16-17H2,1H3,(H,35,36). The molecule has 0 bridgehead atoms. The van der Waals surface area contributed by atoms with Crippen LogP contribution in [0.3, 0.4) is 0 Å². The Kier molecular flexibility index (Phi) is 7.88. The average molecular weight is 608 g/mol. The van der Waals surface area contributed by atoms with Gasteiger partial charge in [0.05, 0.1) is 10.5 Å². The van der Waals surface area contributed by atoms with Gasteiger partial charge in [-0.1, -0.05) is 36.1 Å². The van der Waals surface area contributed by atoms with Crippen LogP contribution in [0.25, 0.3) is 11.7 Å². The predicted molar refractivity (Wildman–Crippen MR) is 163 cm³/mol. The first-order valence-corrected chi connectivity index (χ1v) is 14.9. The Balaban J connectivity index is 1.26. The van der Waals surface area contributed by atoms with Gasteiger partial charge < -0.3 is 19.5 Å². The molecule has 3 aliphatic heterocycles. The third-order valence-corrected chi connectivity index (χ3v) is 8.88. The van der Waals surface area contributed by atoms with Crippen molar-refractivity contribution < 1.29 is 24.2 Å². The number of hydrogen-bond donors (Lipinski definition) is 1. The second-order valence-corrected chi connectivity index (χ2v) is 12.0. The maximum atomic E-state index is 13.8. The van der Waals surface area contributed by atoms with Crippen molar-refractivity contribution in [2.45, 2.75) is 26.3 Å². The first kappa shape index (κ1) is 28.2. The van der Waals surface area contributed by atoms with Crippen molar-refractivity contribution >= 4 is 57.7 Å². The number of fused-ring (bicyclic) bond motifs is 2. The second kappa shape index (κ2) is 11.7. The van der Waals surface area contributed by atoms with Crippen LogP contribution in [0, 0.1) is 6.92 Å². The lowest BCUT2D eigenvalue weighted by Gasteiger charge is -2.36. The molecule has 6 rings (SSSR count). The highest BCUT2D eigenvalue weighted by molar-refractivity contribution is 8.26. The maximum Gasteiger partial charge on any atom is 0.303 e. The molecule has 1 amide bonds. The van der Waals surface area contributed by atoms with Crippen LogP contribution in [-0.4, -0.2) is 80.0 Å². The highest BCUT2D eigenvalue weighted by Gasteiger charge is 2.33. The molecule has 0 radical (unpaired) electrons. The predicted octanol–water partition coefficient (Wildman–Crippen LogP) is 3.12. The Morgan fingerprint density at radius 1 is 1.14 bits per heavy atom. The van der Waals surface area contributed by atoms with Gasteiger partial charge in [0.25, 0.3) is 11.5 Å². The zero-order valence-corrected chi connectivity index (χ0v) is 24.6. The molecule has 3 aliphatic rings. The quantitative estimate of drug-likeness (QED) is 0.301. The summed E-state index contributed by atoms with van der Waals surface area (Å²) in [5.74, 6) is 0.801.